The van der Waals surface area contributed by atoms with E-state index >= 15 is 0 Å². The summed E-state index contributed by atoms with van der Waals surface area (Å²) in [5, 5.41) is 15.7. The topological polar surface area (TPSA) is 72.2 Å². The molecule has 0 aliphatic heterocycles. The molecule has 1 amide bonds. The van der Waals surface area contributed by atoms with Crippen LogP contribution in [-0.4, -0.2) is 23.4 Å². The summed E-state index contributed by atoms with van der Waals surface area (Å²) in [6, 6.07) is 13.6. The zero-order chi connectivity index (χ0) is 14.8. The summed E-state index contributed by atoms with van der Waals surface area (Å²) < 4.78 is 0. The molecule has 1 fully saturated rings. The van der Waals surface area contributed by atoms with Gasteiger partial charge in [-0.05, 0) is 22.8 Å². The van der Waals surface area contributed by atoms with E-state index in [0.717, 1.165) is 6.42 Å². The van der Waals surface area contributed by atoms with Gasteiger partial charge in [0.1, 0.15) is 5.92 Å². The van der Waals surface area contributed by atoms with Crippen molar-refractivity contribution in [2.24, 2.45) is 5.92 Å². The van der Waals surface area contributed by atoms with Crippen molar-refractivity contribution in [2.45, 2.75) is 18.9 Å². The minimum absolute atomic E-state index is 0.197. The second kappa shape index (κ2) is 5.52. The van der Waals surface area contributed by atoms with Gasteiger partial charge in [0.25, 0.3) is 0 Å². The van der Waals surface area contributed by atoms with Gasteiger partial charge in [0.05, 0.1) is 0 Å². The highest BCUT2D eigenvalue weighted by Gasteiger charge is 2.53. The van der Waals surface area contributed by atoms with Crippen LogP contribution in [0, 0.1) is 16.0 Å². The molecule has 5 heteroatoms. The van der Waals surface area contributed by atoms with Gasteiger partial charge in [-0.1, -0.05) is 42.5 Å². The molecule has 1 aliphatic rings. The van der Waals surface area contributed by atoms with E-state index in [4.69, 9.17) is 0 Å². The molecule has 0 radical (unpaired) electrons. The minimum Gasteiger partial charge on any atom is -0.355 e. The number of fused-ring (bicyclic) bond motifs is 1. The molecule has 0 unspecified atom stereocenters. The van der Waals surface area contributed by atoms with E-state index in [1.165, 1.54) is 16.3 Å². The molecule has 1 N–H and O–H groups in total. The number of benzene rings is 2. The summed E-state index contributed by atoms with van der Waals surface area (Å²) in [6.07, 6.45) is 1.09. The van der Waals surface area contributed by atoms with Gasteiger partial charge in [0.15, 0.2) is 0 Å². The Morgan fingerprint density at radius 3 is 2.76 bits per heavy atom. The third-order valence-corrected chi connectivity index (χ3v) is 3.94. The third kappa shape index (κ3) is 2.86. The Labute approximate surface area is 122 Å². The van der Waals surface area contributed by atoms with E-state index in [9.17, 15) is 14.9 Å². The predicted octanol–water partition coefficient (Wildman–Crippen LogP) is 2.16. The highest BCUT2D eigenvalue weighted by atomic mass is 16.6. The molecule has 108 valence electrons. The van der Waals surface area contributed by atoms with Crippen LogP contribution in [-0.2, 0) is 11.2 Å². The van der Waals surface area contributed by atoms with Gasteiger partial charge in [-0.2, -0.15) is 0 Å². The van der Waals surface area contributed by atoms with Crippen molar-refractivity contribution in [3.05, 3.63) is 58.1 Å². The van der Waals surface area contributed by atoms with Crippen LogP contribution in [0.3, 0.4) is 0 Å². The summed E-state index contributed by atoms with van der Waals surface area (Å²) >= 11 is 0. The predicted molar refractivity (Wildman–Crippen MR) is 79.6 cm³/mol. The first-order chi connectivity index (χ1) is 10.2. The van der Waals surface area contributed by atoms with Crippen molar-refractivity contribution in [2.75, 3.05) is 6.54 Å². The van der Waals surface area contributed by atoms with Gasteiger partial charge >= 0.3 is 0 Å². The maximum atomic E-state index is 11.8. The Morgan fingerprint density at radius 2 is 2.00 bits per heavy atom. The average Bonchev–Trinajstić information content (AvgIpc) is 3.28. The monoisotopic (exact) mass is 284 g/mol. The summed E-state index contributed by atoms with van der Waals surface area (Å²) in [7, 11) is 0. The smallest absolute Gasteiger partial charge is 0.230 e. The molecule has 0 heterocycles. The molecule has 0 aromatic heterocycles. The fraction of sp³-hybridized carbons (Fsp3) is 0.312. The number of rotatable bonds is 5. The number of carbonyl (C=O) groups excluding carboxylic acids is 1. The van der Waals surface area contributed by atoms with Crippen LogP contribution < -0.4 is 5.32 Å². The standard InChI is InChI=1S/C16H16N2O3/c19-16(14-10-15(14)18(20)21)17-9-8-12-6-3-5-11-4-1-2-7-13(11)12/h1-7,14-15H,8-10H2,(H,17,19)/t14-,15+/m0/s1. The highest BCUT2D eigenvalue weighted by molar-refractivity contribution is 5.86. The molecule has 0 saturated heterocycles. The number of hydrogen-bond acceptors (Lipinski definition) is 3. The van der Waals surface area contributed by atoms with Crippen molar-refractivity contribution < 1.29 is 9.72 Å². The normalized spacial score (nSPS) is 20.2. The number of nitrogens with one attached hydrogen (secondary N) is 1. The molecule has 1 aliphatic carbocycles. The summed E-state index contributed by atoms with van der Waals surface area (Å²) in [4.78, 5) is 21.9. The lowest BCUT2D eigenvalue weighted by atomic mass is 10.0. The van der Waals surface area contributed by atoms with Crippen LogP contribution in [0.25, 0.3) is 10.8 Å². The number of carbonyl (C=O) groups is 1. The van der Waals surface area contributed by atoms with Gasteiger partial charge < -0.3 is 5.32 Å². The quantitative estimate of drug-likeness (QED) is 0.675. The minimum atomic E-state index is -0.678. The Morgan fingerprint density at radius 1 is 1.24 bits per heavy atom. The zero-order valence-electron chi connectivity index (χ0n) is 11.5. The van der Waals surface area contributed by atoms with Crippen LogP contribution in [0.1, 0.15) is 12.0 Å². The van der Waals surface area contributed by atoms with Gasteiger partial charge in [-0.25, -0.2) is 0 Å². The maximum Gasteiger partial charge on any atom is 0.230 e. The first kappa shape index (κ1) is 13.5. The van der Waals surface area contributed by atoms with Gasteiger partial charge in [-0.15, -0.1) is 0 Å². The Kier molecular flexibility index (Phi) is 3.56. The van der Waals surface area contributed by atoms with Gasteiger partial charge in [-0.3, -0.25) is 14.9 Å². The average molecular weight is 284 g/mol. The number of nitro groups is 1. The van der Waals surface area contributed by atoms with E-state index in [1.807, 2.05) is 24.3 Å². The Bertz CT molecular complexity index is 693. The summed E-state index contributed by atoms with van der Waals surface area (Å²) in [6.45, 7) is 0.508. The summed E-state index contributed by atoms with van der Waals surface area (Å²) in [5.41, 5.74) is 1.18. The molecule has 0 spiro atoms. The number of hydrogen-bond donors (Lipinski definition) is 1. The fourth-order valence-electron chi connectivity index (χ4n) is 2.66. The molecule has 2 aromatic rings. The van der Waals surface area contributed by atoms with Crippen molar-refractivity contribution in [3.63, 3.8) is 0 Å². The number of amides is 1. The van der Waals surface area contributed by atoms with Crippen LogP contribution in [0.2, 0.25) is 0 Å². The van der Waals surface area contributed by atoms with E-state index in [-0.39, 0.29) is 10.8 Å². The van der Waals surface area contributed by atoms with E-state index < -0.39 is 12.0 Å². The maximum absolute atomic E-state index is 11.8. The van der Waals surface area contributed by atoms with Crippen LogP contribution in [0.5, 0.6) is 0 Å². The lowest BCUT2D eigenvalue weighted by Gasteiger charge is -2.07. The SMILES string of the molecule is O=C(NCCc1cccc2ccccc12)[C@H]1C[C@H]1[N+](=O)[O-]. The molecule has 21 heavy (non-hydrogen) atoms. The zero-order valence-corrected chi connectivity index (χ0v) is 11.5. The molecule has 2 aromatic carbocycles. The lowest BCUT2D eigenvalue weighted by molar-refractivity contribution is -0.497. The Hall–Kier alpha value is -2.43. The van der Waals surface area contributed by atoms with Gasteiger partial charge in [0.2, 0.25) is 11.9 Å². The van der Waals surface area contributed by atoms with Crippen molar-refractivity contribution in [3.8, 4) is 0 Å². The molecule has 5 nitrogen and oxygen atoms in total. The van der Waals surface area contributed by atoms with Crippen molar-refractivity contribution in [1.29, 1.82) is 0 Å². The van der Waals surface area contributed by atoms with Crippen LogP contribution >= 0.6 is 0 Å². The third-order valence-electron chi connectivity index (χ3n) is 3.94. The van der Waals surface area contributed by atoms with Crippen LogP contribution in [0.4, 0.5) is 0 Å². The Balaban J connectivity index is 1.58. The molecule has 3 rings (SSSR count). The molecule has 1 saturated carbocycles. The first-order valence-electron chi connectivity index (χ1n) is 7.04. The molecule has 0 bridgehead atoms. The highest BCUT2D eigenvalue weighted by Crippen LogP contribution is 2.32. The largest absolute Gasteiger partial charge is 0.355 e. The number of nitrogens with zero attached hydrogens (tertiary/aromatic N) is 1. The summed E-state index contributed by atoms with van der Waals surface area (Å²) in [5.74, 6) is -0.635. The molecular formula is C16H16N2O3. The second-order valence-corrected chi connectivity index (χ2v) is 5.37. The molecular weight excluding hydrogens is 268 g/mol. The van der Waals surface area contributed by atoms with E-state index in [1.54, 1.807) is 0 Å². The van der Waals surface area contributed by atoms with E-state index in [0.29, 0.717) is 13.0 Å². The first-order valence-corrected chi connectivity index (χ1v) is 7.04. The van der Waals surface area contributed by atoms with E-state index in [2.05, 4.69) is 23.5 Å². The van der Waals surface area contributed by atoms with Gasteiger partial charge in [0, 0.05) is 17.9 Å². The van der Waals surface area contributed by atoms with Crippen molar-refractivity contribution >= 4 is 16.7 Å². The second-order valence-electron chi connectivity index (χ2n) is 5.37. The van der Waals surface area contributed by atoms with Crippen molar-refractivity contribution in [1.82, 2.24) is 5.32 Å². The molecule has 2 atom stereocenters. The lowest BCUT2D eigenvalue weighted by Crippen LogP contribution is -2.29. The fourth-order valence-corrected chi connectivity index (χ4v) is 2.66. The van der Waals surface area contributed by atoms with Crippen LogP contribution in [0.15, 0.2) is 42.5 Å².